The Hall–Kier alpha value is -3.40. The van der Waals surface area contributed by atoms with Crippen molar-refractivity contribution < 1.29 is 22.3 Å². The molecule has 0 amide bonds. The number of halogens is 4. The van der Waals surface area contributed by atoms with Gasteiger partial charge in [-0.2, -0.15) is 5.10 Å². The summed E-state index contributed by atoms with van der Waals surface area (Å²) in [5.41, 5.74) is 1.69. The zero-order chi connectivity index (χ0) is 25.0. The van der Waals surface area contributed by atoms with Crippen molar-refractivity contribution in [1.29, 1.82) is 0 Å². The Labute approximate surface area is 204 Å². The van der Waals surface area contributed by atoms with Crippen LogP contribution in [0.1, 0.15) is 72.8 Å². The van der Waals surface area contributed by atoms with Crippen molar-refractivity contribution in [3.63, 3.8) is 0 Å². The molecule has 0 spiro atoms. The quantitative estimate of drug-likeness (QED) is 0.299. The van der Waals surface area contributed by atoms with Crippen LogP contribution in [0.4, 0.5) is 17.6 Å². The molecule has 1 aliphatic heterocycles. The van der Waals surface area contributed by atoms with Crippen LogP contribution in [-0.4, -0.2) is 31.3 Å². The van der Waals surface area contributed by atoms with Gasteiger partial charge in [-0.1, -0.05) is 0 Å². The van der Waals surface area contributed by atoms with Crippen LogP contribution in [0.3, 0.4) is 0 Å². The Kier molecular flexibility index (Phi) is 5.70. The summed E-state index contributed by atoms with van der Waals surface area (Å²) >= 11 is 0. The molecule has 6 rings (SSSR count). The molecule has 2 fully saturated rings. The molecule has 10 heteroatoms. The van der Waals surface area contributed by atoms with Crippen LogP contribution in [0.5, 0.6) is 0 Å². The van der Waals surface area contributed by atoms with Crippen molar-refractivity contribution in [2.75, 3.05) is 6.61 Å². The molecule has 36 heavy (non-hydrogen) atoms. The van der Waals surface area contributed by atoms with Gasteiger partial charge in [0, 0.05) is 41.6 Å². The molecule has 4 aromatic rings. The largest absolute Gasteiger partial charge is 0.373 e. The number of ether oxygens (including phenoxy) is 1. The maximum Gasteiger partial charge on any atom is 0.282 e. The van der Waals surface area contributed by atoms with E-state index in [1.807, 2.05) is 17.1 Å². The third-order valence-corrected chi connectivity index (χ3v) is 6.89. The zero-order valence-electron chi connectivity index (χ0n) is 19.5. The number of pyridine rings is 1. The van der Waals surface area contributed by atoms with Crippen molar-refractivity contribution in [1.82, 2.24) is 24.7 Å². The molecule has 6 nitrogen and oxygen atoms in total. The molecule has 0 N–H and O–H groups in total. The van der Waals surface area contributed by atoms with Crippen LogP contribution in [0.2, 0.25) is 0 Å². The molecule has 1 saturated carbocycles. The number of alkyl halides is 2. The molecule has 0 bridgehead atoms. The summed E-state index contributed by atoms with van der Waals surface area (Å²) in [6.07, 6.45) is 4.41. The Morgan fingerprint density at radius 2 is 1.89 bits per heavy atom. The second-order valence-electron chi connectivity index (χ2n) is 9.45. The van der Waals surface area contributed by atoms with Gasteiger partial charge >= 0.3 is 0 Å². The van der Waals surface area contributed by atoms with Crippen LogP contribution >= 0.6 is 0 Å². The molecule has 2 atom stereocenters. The molecule has 2 aliphatic rings. The molecular weight excluding hydrogens is 474 g/mol. The summed E-state index contributed by atoms with van der Waals surface area (Å²) in [6, 6.07) is 5.30. The lowest BCUT2D eigenvalue weighted by molar-refractivity contribution is 0.00462. The fourth-order valence-electron chi connectivity index (χ4n) is 4.82. The van der Waals surface area contributed by atoms with Crippen LogP contribution < -0.4 is 0 Å². The molecule has 1 aromatic carbocycles. The number of benzene rings is 1. The standard InChI is InChI=1S/C26H23F4N5O/c1-13-23(26(29)30)34-25-21(32-13)10-20(33-24(25)18-5-2-16(27)9-19(18)28)14-6-7-36-22(8-14)15-11-31-35(12-15)17-3-4-17/h2,5,9-12,14,17,22,26H,3-4,6-8H2,1H3/t14-,22-/m0/s1. The van der Waals surface area contributed by atoms with Gasteiger partial charge in [0.05, 0.1) is 29.6 Å². The van der Waals surface area contributed by atoms with E-state index in [4.69, 9.17) is 9.72 Å². The smallest absolute Gasteiger partial charge is 0.282 e. The van der Waals surface area contributed by atoms with Gasteiger partial charge < -0.3 is 4.74 Å². The summed E-state index contributed by atoms with van der Waals surface area (Å²) in [7, 11) is 0. The Morgan fingerprint density at radius 1 is 1.06 bits per heavy atom. The highest BCUT2D eigenvalue weighted by atomic mass is 19.3. The van der Waals surface area contributed by atoms with Crippen molar-refractivity contribution in [3.8, 4) is 11.3 Å². The van der Waals surface area contributed by atoms with Gasteiger partial charge in [0.1, 0.15) is 28.5 Å². The van der Waals surface area contributed by atoms with E-state index in [1.54, 1.807) is 6.07 Å². The van der Waals surface area contributed by atoms with E-state index in [0.717, 1.165) is 30.5 Å². The van der Waals surface area contributed by atoms with Gasteiger partial charge in [-0.25, -0.2) is 32.5 Å². The summed E-state index contributed by atoms with van der Waals surface area (Å²) in [4.78, 5) is 13.2. The summed E-state index contributed by atoms with van der Waals surface area (Å²) < 4.78 is 63.6. The van der Waals surface area contributed by atoms with E-state index < -0.39 is 23.8 Å². The molecule has 4 heterocycles. The first-order chi connectivity index (χ1) is 17.4. The number of nitrogens with zero attached hydrogens (tertiary/aromatic N) is 5. The SMILES string of the molecule is Cc1nc2cc([C@H]3CCO[C@H](c4cnn(C5CC5)c4)C3)nc(-c3ccc(F)cc3F)c2nc1C(F)F. The number of fused-ring (bicyclic) bond motifs is 1. The second kappa shape index (κ2) is 8.92. The Bertz CT molecular complexity index is 1450. The second-order valence-corrected chi connectivity index (χ2v) is 9.45. The lowest BCUT2D eigenvalue weighted by Crippen LogP contribution is -2.19. The average molecular weight is 497 g/mol. The van der Waals surface area contributed by atoms with E-state index in [0.29, 0.717) is 36.7 Å². The number of aromatic nitrogens is 5. The minimum Gasteiger partial charge on any atom is -0.373 e. The predicted octanol–water partition coefficient (Wildman–Crippen LogP) is 6.38. The van der Waals surface area contributed by atoms with Crippen molar-refractivity contribution >= 4 is 11.0 Å². The number of hydrogen-bond donors (Lipinski definition) is 0. The Balaban J connectivity index is 1.43. The first-order valence-electron chi connectivity index (χ1n) is 12.0. The minimum absolute atomic E-state index is 0.0176. The Morgan fingerprint density at radius 3 is 2.64 bits per heavy atom. The molecule has 0 radical (unpaired) electrons. The maximum atomic E-state index is 14.8. The topological polar surface area (TPSA) is 65.7 Å². The highest BCUT2D eigenvalue weighted by Gasteiger charge is 2.31. The van der Waals surface area contributed by atoms with Gasteiger partial charge in [-0.3, -0.25) is 4.68 Å². The number of aryl methyl sites for hydroxylation is 1. The maximum absolute atomic E-state index is 14.8. The lowest BCUT2D eigenvalue weighted by Gasteiger charge is -2.29. The zero-order valence-corrected chi connectivity index (χ0v) is 19.5. The third kappa shape index (κ3) is 4.23. The van der Waals surface area contributed by atoms with Crippen molar-refractivity contribution in [2.24, 2.45) is 0 Å². The fraction of sp³-hybridized carbons (Fsp3) is 0.385. The average Bonchev–Trinajstić information content (AvgIpc) is 3.59. The molecular formula is C26H23F4N5O. The minimum atomic E-state index is -2.85. The van der Waals surface area contributed by atoms with Gasteiger partial charge in [-0.05, 0) is 50.8 Å². The fourth-order valence-corrected chi connectivity index (χ4v) is 4.82. The first kappa shape index (κ1) is 23.0. The summed E-state index contributed by atoms with van der Waals surface area (Å²) in [5.74, 6) is -1.64. The van der Waals surface area contributed by atoms with Gasteiger partial charge in [0.15, 0.2) is 0 Å². The van der Waals surface area contributed by atoms with E-state index in [1.165, 1.54) is 13.0 Å². The van der Waals surface area contributed by atoms with Crippen LogP contribution in [0, 0.1) is 18.6 Å². The number of rotatable bonds is 5. The van der Waals surface area contributed by atoms with Crippen molar-refractivity contribution in [2.45, 2.75) is 57.1 Å². The molecule has 1 saturated heterocycles. The van der Waals surface area contributed by atoms with E-state index >= 15 is 0 Å². The number of hydrogen-bond acceptors (Lipinski definition) is 5. The monoisotopic (exact) mass is 497 g/mol. The summed E-state index contributed by atoms with van der Waals surface area (Å²) in [6.45, 7) is 1.97. The van der Waals surface area contributed by atoms with Crippen LogP contribution in [0.25, 0.3) is 22.3 Å². The highest BCUT2D eigenvalue weighted by molar-refractivity contribution is 5.89. The van der Waals surface area contributed by atoms with E-state index in [9.17, 15) is 17.6 Å². The van der Waals surface area contributed by atoms with E-state index in [2.05, 4.69) is 15.1 Å². The molecule has 1 aliphatic carbocycles. The first-order valence-corrected chi connectivity index (χ1v) is 12.0. The third-order valence-electron chi connectivity index (χ3n) is 6.89. The molecule has 3 aromatic heterocycles. The lowest BCUT2D eigenvalue weighted by atomic mass is 9.89. The normalized spacial score (nSPS) is 20.4. The predicted molar refractivity (Wildman–Crippen MR) is 124 cm³/mol. The van der Waals surface area contributed by atoms with Gasteiger partial charge in [0.2, 0.25) is 0 Å². The van der Waals surface area contributed by atoms with Crippen LogP contribution in [0.15, 0.2) is 36.7 Å². The summed E-state index contributed by atoms with van der Waals surface area (Å²) in [5, 5.41) is 4.46. The van der Waals surface area contributed by atoms with Gasteiger partial charge in [-0.15, -0.1) is 0 Å². The molecule has 186 valence electrons. The highest BCUT2D eigenvalue weighted by Crippen LogP contribution is 2.41. The van der Waals surface area contributed by atoms with E-state index in [-0.39, 0.29) is 34.5 Å². The van der Waals surface area contributed by atoms with Crippen molar-refractivity contribution in [3.05, 3.63) is 70.9 Å². The van der Waals surface area contributed by atoms with Gasteiger partial charge in [0.25, 0.3) is 6.43 Å². The van der Waals surface area contributed by atoms with Crippen LogP contribution in [-0.2, 0) is 4.74 Å². The molecule has 0 unspecified atom stereocenters.